The first-order chi connectivity index (χ1) is 6.88. The van der Waals surface area contributed by atoms with Crippen LogP contribution >= 0.6 is 0 Å². The molecule has 1 heterocycles. The maximum atomic E-state index is 5.69. The normalized spacial score (nSPS) is 33.8. The van der Waals surface area contributed by atoms with Gasteiger partial charge in [0.2, 0.25) is 0 Å². The molecule has 0 atom stereocenters. The first-order valence-corrected chi connectivity index (χ1v) is 5.96. The molecular formula is C12H22N2. The highest BCUT2D eigenvalue weighted by molar-refractivity contribution is 4.95. The van der Waals surface area contributed by atoms with Crippen LogP contribution in [0.3, 0.4) is 0 Å². The molecule has 1 fully saturated rings. The van der Waals surface area contributed by atoms with Crippen LogP contribution in [0.25, 0.3) is 0 Å². The van der Waals surface area contributed by atoms with Crippen molar-refractivity contribution in [3.05, 3.63) is 12.2 Å². The van der Waals surface area contributed by atoms with Gasteiger partial charge in [0.1, 0.15) is 0 Å². The lowest BCUT2D eigenvalue weighted by Crippen LogP contribution is -2.31. The SMILES string of the molecule is NCC1CCC(CN2CC=CC2)CC1. The molecule has 2 aliphatic rings. The second-order valence-corrected chi connectivity index (χ2v) is 4.81. The third-order valence-electron chi connectivity index (χ3n) is 3.71. The fourth-order valence-corrected chi connectivity index (χ4v) is 2.69. The summed E-state index contributed by atoms with van der Waals surface area (Å²) >= 11 is 0. The van der Waals surface area contributed by atoms with E-state index in [2.05, 4.69) is 17.1 Å². The highest BCUT2D eigenvalue weighted by Gasteiger charge is 2.22. The lowest BCUT2D eigenvalue weighted by atomic mass is 9.82. The first-order valence-electron chi connectivity index (χ1n) is 5.96. The van der Waals surface area contributed by atoms with Gasteiger partial charge in [0.25, 0.3) is 0 Å². The zero-order chi connectivity index (χ0) is 9.80. The van der Waals surface area contributed by atoms with E-state index in [1.807, 2.05) is 0 Å². The standard InChI is InChI=1S/C12H22N2/c13-9-11-3-5-12(6-4-11)10-14-7-1-2-8-14/h1-2,11-12H,3-10,13H2. The zero-order valence-corrected chi connectivity index (χ0v) is 8.99. The van der Waals surface area contributed by atoms with Crippen molar-refractivity contribution in [1.82, 2.24) is 4.90 Å². The molecule has 0 radical (unpaired) electrons. The fraction of sp³-hybridized carbons (Fsp3) is 0.833. The largest absolute Gasteiger partial charge is 0.330 e. The highest BCUT2D eigenvalue weighted by Crippen LogP contribution is 2.28. The van der Waals surface area contributed by atoms with Gasteiger partial charge in [-0.15, -0.1) is 0 Å². The number of hydrogen-bond donors (Lipinski definition) is 1. The van der Waals surface area contributed by atoms with Crippen LogP contribution in [0.5, 0.6) is 0 Å². The average Bonchev–Trinajstić information content (AvgIpc) is 2.72. The maximum absolute atomic E-state index is 5.69. The third-order valence-corrected chi connectivity index (χ3v) is 3.71. The number of hydrogen-bond acceptors (Lipinski definition) is 2. The van der Waals surface area contributed by atoms with Gasteiger partial charge in [0.15, 0.2) is 0 Å². The summed E-state index contributed by atoms with van der Waals surface area (Å²) in [6, 6.07) is 0. The smallest absolute Gasteiger partial charge is 0.0167 e. The molecule has 0 bridgehead atoms. The van der Waals surface area contributed by atoms with E-state index in [0.29, 0.717) is 0 Å². The quantitative estimate of drug-likeness (QED) is 0.692. The second kappa shape index (κ2) is 4.94. The predicted octanol–water partition coefficient (Wildman–Crippen LogP) is 1.62. The molecule has 0 aromatic rings. The zero-order valence-electron chi connectivity index (χ0n) is 8.99. The van der Waals surface area contributed by atoms with Crippen LogP contribution in [0, 0.1) is 11.8 Å². The van der Waals surface area contributed by atoms with Gasteiger partial charge in [-0.3, -0.25) is 4.90 Å². The molecule has 0 spiro atoms. The Morgan fingerprint density at radius 3 is 2.14 bits per heavy atom. The highest BCUT2D eigenvalue weighted by atomic mass is 15.1. The molecule has 0 saturated heterocycles. The minimum absolute atomic E-state index is 0.822. The van der Waals surface area contributed by atoms with Crippen molar-refractivity contribution in [3.8, 4) is 0 Å². The summed E-state index contributed by atoms with van der Waals surface area (Å²) in [6.45, 7) is 4.57. The second-order valence-electron chi connectivity index (χ2n) is 4.81. The van der Waals surface area contributed by atoms with E-state index in [1.54, 1.807) is 0 Å². The summed E-state index contributed by atoms with van der Waals surface area (Å²) in [5.41, 5.74) is 5.69. The van der Waals surface area contributed by atoms with E-state index >= 15 is 0 Å². The van der Waals surface area contributed by atoms with Gasteiger partial charge in [-0.1, -0.05) is 12.2 Å². The molecule has 2 rings (SSSR count). The fourth-order valence-electron chi connectivity index (χ4n) is 2.69. The Kier molecular flexibility index (Phi) is 3.60. The van der Waals surface area contributed by atoms with E-state index < -0.39 is 0 Å². The van der Waals surface area contributed by atoms with E-state index in [9.17, 15) is 0 Å². The molecule has 0 amide bonds. The van der Waals surface area contributed by atoms with Crippen LogP contribution < -0.4 is 5.73 Å². The van der Waals surface area contributed by atoms with Crippen molar-refractivity contribution < 1.29 is 0 Å². The van der Waals surface area contributed by atoms with E-state index in [-0.39, 0.29) is 0 Å². The molecule has 0 aromatic heterocycles. The third kappa shape index (κ3) is 2.58. The van der Waals surface area contributed by atoms with Crippen LogP contribution in [0.1, 0.15) is 25.7 Å². The summed E-state index contributed by atoms with van der Waals surface area (Å²) in [7, 11) is 0. The minimum atomic E-state index is 0.822. The van der Waals surface area contributed by atoms with Crippen molar-refractivity contribution in [3.63, 3.8) is 0 Å². The van der Waals surface area contributed by atoms with Gasteiger partial charge in [0, 0.05) is 19.6 Å². The summed E-state index contributed by atoms with van der Waals surface area (Å²) in [5, 5.41) is 0. The summed E-state index contributed by atoms with van der Waals surface area (Å²) < 4.78 is 0. The Bertz CT molecular complexity index is 184. The molecule has 1 aliphatic heterocycles. The monoisotopic (exact) mass is 194 g/mol. The van der Waals surface area contributed by atoms with E-state index in [0.717, 1.165) is 18.4 Å². The molecule has 1 aliphatic carbocycles. The Morgan fingerprint density at radius 1 is 1.00 bits per heavy atom. The topological polar surface area (TPSA) is 29.3 Å². The average molecular weight is 194 g/mol. The predicted molar refractivity (Wildman–Crippen MR) is 60.1 cm³/mol. The first kappa shape index (κ1) is 10.2. The van der Waals surface area contributed by atoms with Crippen molar-refractivity contribution in [2.24, 2.45) is 17.6 Å². The lowest BCUT2D eigenvalue weighted by molar-refractivity contribution is 0.210. The summed E-state index contributed by atoms with van der Waals surface area (Å²) in [5.74, 6) is 1.76. The molecule has 0 aromatic carbocycles. The number of rotatable bonds is 3. The van der Waals surface area contributed by atoms with Gasteiger partial charge in [-0.2, -0.15) is 0 Å². The molecule has 2 heteroatoms. The lowest BCUT2D eigenvalue weighted by Gasteiger charge is -2.30. The van der Waals surface area contributed by atoms with Crippen molar-refractivity contribution >= 4 is 0 Å². The summed E-state index contributed by atoms with van der Waals surface area (Å²) in [4.78, 5) is 2.55. The minimum Gasteiger partial charge on any atom is -0.330 e. The van der Waals surface area contributed by atoms with Gasteiger partial charge in [-0.25, -0.2) is 0 Å². The summed E-state index contributed by atoms with van der Waals surface area (Å²) in [6.07, 6.45) is 10.1. The molecule has 2 N–H and O–H groups in total. The van der Waals surface area contributed by atoms with Crippen LogP contribution in [0.15, 0.2) is 12.2 Å². The van der Waals surface area contributed by atoms with Crippen molar-refractivity contribution in [1.29, 1.82) is 0 Å². The van der Waals surface area contributed by atoms with E-state index in [4.69, 9.17) is 5.73 Å². The van der Waals surface area contributed by atoms with Crippen LogP contribution in [0.4, 0.5) is 0 Å². The van der Waals surface area contributed by atoms with Crippen molar-refractivity contribution in [2.75, 3.05) is 26.2 Å². The molecule has 0 unspecified atom stereocenters. The number of nitrogens with zero attached hydrogens (tertiary/aromatic N) is 1. The Hall–Kier alpha value is -0.340. The van der Waals surface area contributed by atoms with Gasteiger partial charge in [0.05, 0.1) is 0 Å². The molecule has 80 valence electrons. The maximum Gasteiger partial charge on any atom is 0.0167 e. The number of nitrogens with two attached hydrogens (primary N) is 1. The molecule has 14 heavy (non-hydrogen) atoms. The van der Waals surface area contributed by atoms with Crippen LogP contribution in [-0.2, 0) is 0 Å². The van der Waals surface area contributed by atoms with Gasteiger partial charge >= 0.3 is 0 Å². The van der Waals surface area contributed by atoms with Crippen LogP contribution in [0.2, 0.25) is 0 Å². The molecule has 2 nitrogen and oxygen atoms in total. The van der Waals surface area contributed by atoms with Gasteiger partial charge < -0.3 is 5.73 Å². The van der Waals surface area contributed by atoms with E-state index in [1.165, 1.54) is 45.3 Å². The molecule has 1 saturated carbocycles. The Balaban J connectivity index is 1.68. The van der Waals surface area contributed by atoms with Gasteiger partial charge in [-0.05, 0) is 44.1 Å². The molecular weight excluding hydrogens is 172 g/mol. The Labute approximate surface area is 87.2 Å². The van der Waals surface area contributed by atoms with Crippen molar-refractivity contribution in [2.45, 2.75) is 25.7 Å². The Morgan fingerprint density at radius 2 is 1.57 bits per heavy atom. The van der Waals surface area contributed by atoms with Crippen LogP contribution in [-0.4, -0.2) is 31.1 Å².